The minimum Gasteiger partial charge on any atom is -0.314 e. The molecule has 2 saturated heterocycles. The van der Waals surface area contributed by atoms with Crippen LogP contribution in [0.2, 0.25) is 0 Å². The lowest BCUT2D eigenvalue weighted by Gasteiger charge is -1.93. The fourth-order valence-corrected chi connectivity index (χ4v) is 0.772. The number of hydrogen-bond acceptors (Lipinski definition) is 3. The minimum absolute atomic E-state index is 0.740. The highest BCUT2D eigenvalue weighted by atomic mass is 16.8. The molecule has 0 spiro atoms. The van der Waals surface area contributed by atoms with Gasteiger partial charge in [0, 0.05) is 13.1 Å². The highest BCUT2D eigenvalue weighted by Gasteiger charge is 2.18. The van der Waals surface area contributed by atoms with E-state index in [1.165, 1.54) is 13.1 Å². The Morgan fingerprint density at radius 1 is 1.17 bits per heavy atom. The Labute approximate surface area is 71.9 Å². The van der Waals surface area contributed by atoms with Gasteiger partial charge in [-0.2, -0.15) is 0 Å². The molecule has 64 valence electrons. The summed E-state index contributed by atoms with van der Waals surface area (Å²) in [5, 5.41) is 4.83. The van der Waals surface area contributed by atoms with Crippen molar-refractivity contribution in [2.45, 2.75) is 0 Å². The molecule has 3 heteroatoms. The zero-order valence-corrected chi connectivity index (χ0v) is 6.86. The topological polar surface area (TPSA) is 37.5 Å². The van der Waals surface area contributed by atoms with E-state index < -0.39 is 0 Å². The number of anilines is 1. The van der Waals surface area contributed by atoms with Crippen molar-refractivity contribution in [1.29, 1.82) is 0 Å². The molecular formula is C9H12N2O. The van der Waals surface area contributed by atoms with E-state index in [1.807, 2.05) is 35.4 Å². The first-order valence-corrected chi connectivity index (χ1v) is 4.13. The summed E-state index contributed by atoms with van der Waals surface area (Å²) < 4.78 is 0. The summed E-state index contributed by atoms with van der Waals surface area (Å²) >= 11 is 0. The summed E-state index contributed by atoms with van der Waals surface area (Å²) in [4.78, 5) is 4.93. The van der Waals surface area contributed by atoms with E-state index in [1.54, 1.807) is 0 Å². The Balaban J connectivity index is 0.000000159. The maximum absolute atomic E-state index is 4.93. The molecule has 3 nitrogen and oxygen atoms in total. The van der Waals surface area contributed by atoms with Crippen molar-refractivity contribution < 1.29 is 4.84 Å². The van der Waals surface area contributed by atoms with Gasteiger partial charge in [0.15, 0.2) is 6.73 Å². The van der Waals surface area contributed by atoms with Crippen LogP contribution in [0.25, 0.3) is 0 Å². The summed E-state index contributed by atoms with van der Waals surface area (Å²) in [6.45, 7) is 3.24. The van der Waals surface area contributed by atoms with E-state index in [0.717, 1.165) is 12.4 Å². The number of hydroxylamine groups is 1. The lowest BCUT2D eigenvalue weighted by atomic mass is 10.3. The fraction of sp³-hybridized carbons (Fsp3) is 0.333. The van der Waals surface area contributed by atoms with Crippen LogP contribution in [0.5, 0.6) is 0 Å². The Bertz CT molecular complexity index is 229. The van der Waals surface area contributed by atoms with Crippen LogP contribution in [0.15, 0.2) is 30.3 Å². The average molecular weight is 164 g/mol. The van der Waals surface area contributed by atoms with Crippen molar-refractivity contribution in [3.05, 3.63) is 30.3 Å². The first-order chi connectivity index (χ1) is 5.97. The Morgan fingerprint density at radius 3 is 2.17 bits per heavy atom. The Kier molecular flexibility index (Phi) is 2.25. The van der Waals surface area contributed by atoms with Crippen molar-refractivity contribution in [3.8, 4) is 0 Å². The molecule has 0 atom stereocenters. The first kappa shape index (κ1) is 7.58. The van der Waals surface area contributed by atoms with E-state index in [2.05, 4.69) is 5.32 Å². The van der Waals surface area contributed by atoms with Gasteiger partial charge < -0.3 is 5.32 Å². The summed E-state index contributed by atoms with van der Waals surface area (Å²) in [6.07, 6.45) is 0. The number of hydrogen-bond donors (Lipinski definition) is 1. The van der Waals surface area contributed by atoms with Crippen LogP contribution in [0, 0.1) is 0 Å². The van der Waals surface area contributed by atoms with E-state index in [9.17, 15) is 0 Å². The summed E-state index contributed by atoms with van der Waals surface area (Å²) in [5.41, 5.74) is 1.14. The van der Waals surface area contributed by atoms with Gasteiger partial charge in [-0.3, -0.25) is 0 Å². The molecule has 0 unspecified atom stereocenters. The molecular weight excluding hydrogens is 152 g/mol. The van der Waals surface area contributed by atoms with Gasteiger partial charge in [-0.15, -0.1) is 0 Å². The van der Waals surface area contributed by atoms with Gasteiger partial charge in [0.05, 0.1) is 5.69 Å². The van der Waals surface area contributed by atoms with Crippen molar-refractivity contribution in [2.75, 3.05) is 24.9 Å². The number of rotatable bonds is 1. The zero-order chi connectivity index (χ0) is 8.23. The molecule has 1 aromatic carbocycles. The molecule has 0 saturated carbocycles. The summed E-state index contributed by atoms with van der Waals surface area (Å²) in [6, 6.07) is 10.0. The van der Waals surface area contributed by atoms with Crippen LogP contribution in [0.3, 0.4) is 0 Å². The van der Waals surface area contributed by atoms with E-state index in [4.69, 9.17) is 4.84 Å². The first-order valence-electron chi connectivity index (χ1n) is 4.13. The van der Waals surface area contributed by atoms with Crippen LogP contribution >= 0.6 is 0 Å². The van der Waals surface area contributed by atoms with Crippen molar-refractivity contribution in [3.63, 3.8) is 0 Å². The van der Waals surface area contributed by atoms with E-state index >= 15 is 0 Å². The third kappa shape index (κ3) is 2.53. The van der Waals surface area contributed by atoms with Gasteiger partial charge >= 0.3 is 0 Å². The van der Waals surface area contributed by atoms with Gasteiger partial charge in [-0.05, 0) is 12.1 Å². The second-order valence-corrected chi connectivity index (χ2v) is 2.72. The van der Waals surface area contributed by atoms with Crippen molar-refractivity contribution in [1.82, 2.24) is 5.32 Å². The SMILES string of the molecule is C1CN1.c1ccc(N2CO2)cc1. The number of nitrogens with one attached hydrogen (secondary N) is 1. The van der Waals surface area contributed by atoms with Crippen molar-refractivity contribution >= 4 is 5.69 Å². The molecule has 2 fully saturated rings. The Hall–Kier alpha value is -1.06. The van der Waals surface area contributed by atoms with Gasteiger partial charge in [-0.1, -0.05) is 18.2 Å². The third-order valence-corrected chi connectivity index (χ3v) is 1.55. The molecule has 2 aliphatic heterocycles. The quantitative estimate of drug-likeness (QED) is 0.629. The smallest absolute Gasteiger partial charge is 0.171 e. The van der Waals surface area contributed by atoms with Gasteiger partial charge in [-0.25, -0.2) is 9.90 Å². The molecule has 1 N–H and O–H groups in total. The zero-order valence-electron chi connectivity index (χ0n) is 6.86. The molecule has 0 bridgehead atoms. The van der Waals surface area contributed by atoms with Crippen LogP contribution in [0.4, 0.5) is 5.69 Å². The summed E-state index contributed by atoms with van der Waals surface area (Å²) in [5.74, 6) is 0. The number of para-hydroxylation sites is 1. The molecule has 12 heavy (non-hydrogen) atoms. The Morgan fingerprint density at radius 2 is 1.75 bits per heavy atom. The highest BCUT2D eigenvalue weighted by molar-refractivity contribution is 5.45. The van der Waals surface area contributed by atoms with Gasteiger partial charge in [0.25, 0.3) is 0 Å². The molecule has 0 amide bonds. The largest absolute Gasteiger partial charge is 0.314 e. The van der Waals surface area contributed by atoms with Gasteiger partial charge in [0.1, 0.15) is 0 Å². The number of benzene rings is 1. The number of nitrogens with zero attached hydrogens (tertiary/aromatic N) is 1. The molecule has 2 heterocycles. The summed E-state index contributed by atoms with van der Waals surface area (Å²) in [7, 11) is 0. The fourth-order valence-electron chi connectivity index (χ4n) is 0.772. The van der Waals surface area contributed by atoms with Crippen molar-refractivity contribution in [2.24, 2.45) is 0 Å². The van der Waals surface area contributed by atoms with Crippen LogP contribution in [-0.4, -0.2) is 19.8 Å². The second-order valence-electron chi connectivity index (χ2n) is 2.72. The van der Waals surface area contributed by atoms with E-state index in [-0.39, 0.29) is 0 Å². The van der Waals surface area contributed by atoms with Crippen LogP contribution in [-0.2, 0) is 4.84 Å². The lowest BCUT2D eigenvalue weighted by molar-refractivity contribution is 0.452. The second kappa shape index (κ2) is 3.56. The third-order valence-electron chi connectivity index (χ3n) is 1.55. The van der Waals surface area contributed by atoms with E-state index in [0.29, 0.717) is 0 Å². The predicted molar refractivity (Wildman–Crippen MR) is 47.7 cm³/mol. The molecule has 3 rings (SSSR count). The molecule has 1 aromatic rings. The van der Waals surface area contributed by atoms with Gasteiger partial charge in [0.2, 0.25) is 0 Å². The minimum atomic E-state index is 0.740. The normalized spacial score (nSPS) is 17.8. The molecule has 0 radical (unpaired) electrons. The predicted octanol–water partition coefficient (Wildman–Crippen LogP) is 0.985. The van der Waals surface area contributed by atoms with Crippen LogP contribution in [0.1, 0.15) is 0 Å². The average Bonchev–Trinajstić information content (AvgIpc) is 2.97. The molecule has 0 aliphatic carbocycles. The maximum atomic E-state index is 4.93. The maximum Gasteiger partial charge on any atom is 0.171 e. The standard InChI is InChI=1S/C7H7NO.C2H5N/c1-2-4-7(5-3-1)8-6-9-8;1-2-3-1/h1-5H,6H2;3H,1-2H2. The van der Waals surface area contributed by atoms with Crippen LogP contribution < -0.4 is 10.4 Å². The lowest BCUT2D eigenvalue weighted by Crippen LogP contribution is -1.86. The monoisotopic (exact) mass is 164 g/mol. The highest BCUT2D eigenvalue weighted by Crippen LogP contribution is 2.20. The molecule has 2 aliphatic rings. The molecule has 0 aromatic heterocycles.